The number of aliphatic hydroxyl groups is 1. The molecule has 0 amide bonds. The van der Waals surface area contributed by atoms with Crippen molar-refractivity contribution in [2.45, 2.75) is 154 Å². The van der Waals surface area contributed by atoms with Crippen LogP contribution in [0.2, 0.25) is 0 Å². The second kappa shape index (κ2) is 32.4. The molecule has 11 heteroatoms. The predicted molar refractivity (Wildman–Crippen MR) is 215 cm³/mol. The molecular formula is C43H69O10P. The van der Waals surface area contributed by atoms with E-state index in [1.807, 2.05) is 24.3 Å². The first-order valence-electron chi connectivity index (χ1n) is 20.3. The molecule has 0 saturated heterocycles. The van der Waals surface area contributed by atoms with Crippen molar-refractivity contribution in [2.24, 2.45) is 11.8 Å². The topological polar surface area (TPSA) is 157 Å². The van der Waals surface area contributed by atoms with E-state index >= 15 is 0 Å². The smallest absolute Gasteiger partial charge is 0.462 e. The van der Waals surface area contributed by atoms with Gasteiger partial charge in [-0.05, 0) is 82.6 Å². The lowest BCUT2D eigenvalue weighted by molar-refractivity contribution is -0.161. The summed E-state index contributed by atoms with van der Waals surface area (Å²) in [6.07, 6.45) is 39.6. The largest absolute Gasteiger partial charge is 0.469 e. The van der Waals surface area contributed by atoms with Gasteiger partial charge in [-0.1, -0.05) is 126 Å². The summed E-state index contributed by atoms with van der Waals surface area (Å²) < 4.78 is 26.3. The van der Waals surface area contributed by atoms with Gasteiger partial charge in [0.05, 0.1) is 12.7 Å². The summed E-state index contributed by atoms with van der Waals surface area (Å²) in [5.74, 6) is -1.32. The van der Waals surface area contributed by atoms with E-state index in [1.54, 1.807) is 12.2 Å². The molecule has 306 valence electrons. The van der Waals surface area contributed by atoms with Crippen molar-refractivity contribution in [1.29, 1.82) is 0 Å². The zero-order valence-electron chi connectivity index (χ0n) is 32.9. The fourth-order valence-electron chi connectivity index (χ4n) is 5.78. The Morgan fingerprint density at radius 1 is 0.759 bits per heavy atom. The van der Waals surface area contributed by atoms with Crippen molar-refractivity contribution >= 4 is 25.5 Å². The summed E-state index contributed by atoms with van der Waals surface area (Å²) in [4.78, 5) is 55.3. The zero-order valence-corrected chi connectivity index (χ0v) is 33.8. The Morgan fingerprint density at radius 3 is 2.04 bits per heavy atom. The average Bonchev–Trinajstić information content (AvgIpc) is 3.49. The molecule has 1 aliphatic carbocycles. The molecule has 3 N–H and O–H groups in total. The van der Waals surface area contributed by atoms with Crippen LogP contribution in [0.4, 0.5) is 0 Å². The molecule has 10 nitrogen and oxygen atoms in total. The number of phosphoric acid groups is 1. The summed E-state index contributed by atoms with van der Waals surface area (Å²) >= 11 is 0. The van der Waals surface area contributed by atoms with Crippen molar-refractivity contribution in [3.05, 3.63) is 72.9 Å². The van der Waals surface area contributed by atoms with E-state index in [0.29, 0.717) is 32.1 Å². The van der Waals surface area contributed by atoms with Gasteiger partial charge >= 0.3 is 19.8 Å². The van der Waals surface area contributed by atoms with Crippen LogP contribution in [0, 0.1) is 11.8 Å². The molecule has 0 aromatic heterocycles. The van der Waals surface area contributed by atoms with Gasteiger partial charge in [-0.3, -0.25) is 18.9 Å². The summed E-state index contributed by atoms with van der Waals surface area (Å²) in [5, 5.41) is 10.2. The molecule has 1 rings (SSSR count). The van der Waals surface area contributed by atoms with Crippen LogP contribution in [0.1, 0.15) is 142 Å². The maximum atomic E-state index is 12.5. The van der Waals surface area contributed by atoms with Crippen LogP contribution in [0.3, 0.4) is 0 Å². The Kier molecular flexibility index (Phi) is 29.5. The summed E-state index contributed by atoms with van der Waals surface area (Å²) in [7, 11) is -4.82. The number of ether oxygens (including phenoxy) is 2. The third-order valence-electron chi connectivity index (χ3n) is 8.95. The van der Waals surface area contributed by atoms with E-state index in [2.05, 4.69) is 54.8 Å². The number of aliphatic hydroxyl groups excluding tert-OH is 1. The van der Waals surface area contributed by atoms with Crippen LogP contribution in [0.5, 0.6) is 0 Å². The third-order valence-corrected chi connectivity index (χ3v) is 9.43. The highest BCUT2D eigenvalue weighted by atomic mass is 31.2. The number of allylic oxidation sites excluding steroid dienone is 11. The lowest BCUT2D eigenvalue weighted by Crippen LogP contribution is -2.29. The molecule has 1 aliphatic rings. The van der Waals surface area contributed by atoms with Gasteiger partial charge in [-0.2, -0.15) is 0 Å². The second-order valence-corrected chi connectivity index (χ2v) is 15.2. The number of hydrogen-bond donors (Lipinski definition) is 3. The van der Waals surface area contributed by atoms with Crippen molar-refractivity contribution in [1.82, 2.24) is 0 Å². The van der Waals surface area contributed by atoms with Crippen LogP contribution in [0.15, 0.2) is 72.9 Å². The van der Waals surface area contributed by atoms with E-state index in [9.17, 15) is 24.1 Å². The first-order chi connectivity index (χ1) is 26.1. The fraction of sp³-hybridized carbons (Fsp3) is 0.651. The van der Waals surface area contributed by atoms with E-state index in [-0.39, 0.29) is 37.1 Å². The highest BCUT2D eigenvalue weighted by molar-refractivity contribution is 7.46. The molecule has 0 unspecified atom stereocenters. The quantitative estimate of drug-likeness (QED) is 0.0254. The molecule has 0 bridgehead atoms. The number of unbranched alkanes of at least 4 members (excludes halogenated alkanes) is 10. The Hall–Kier alpha value is -2.88. The minimum atomic E-state index is -4.82. The molecular weight excluding hydrogens is 707 g/mol. The van der Waals surface area contributed by atoms with Crippen LogP contribution < -0.4 is 0 Å². The predicted octanol–water partition coefficient (Wildman–Crippen LogP) is 9.91. The van der Waals surface area contributed by atoms with E-state index in [0.717, 1.165) is 64.2 Å². The van der Waals surface area contributed by atoms with Gasteiger partial charge in [-0.15, -0.1) is 0 Å². The fourth-order valence-corrected chi connectivity index (χ4v) is 6.14. The van der Waals surface area contributed by atoms with Crippen molar-refractivity contribution < 1.29 is 47.8 Å². The SMILES string of the molecule is CCCCC/C=C\C/C=C\C/C=C\CCCCCCC(=O)OC[C@H](COP(=O)(O)O)OC(=O)CCC/C=C\C[C@H]1C=CC(=O)[C@@H]1/C=C/[C@@H](O)CCCCC. The molecule has 0 saturated carbocycles. The first kappa shape index (κ1) is 49.1. The molecule has 0 aromatic rings. The summed E-state index contributed by atoms with van der Waals surface area (Å²) in [6, 6.07) is 0. The number of carbonyl (C=O) groups is 3. The van der Waals surface area contributed by atoms with E-state index in [4.69, 9.17) is 19.3 Å². The molecule has 0 radical (unpaired) electrons. The second-order valence-electron chi connectivity index (χ2n) is 13.9. The number of hydrogen-bond acceptors (Lipinski definition) is 8. The Morgan fingerprint density at radius 2 is 1.35 bits per heavy atom. The normalized spacial score (nSPS) is 17.6. The molecule has 0 fully saturated rings. The molecule has 54 heavy (non-hydrogen) atoms. The molecule has 0 heterocycles. The van der Waals surface area contributed by atoms with Gasteiger partial charge in [0.25, 0.3) is 0 Å². The Balaban J connectivity index is 2.29. The van der Waals surface area contributed by atoms with Gasteiger partial charge < -0.3 is 24.4 Å². The van der Waals surface area contributed by atoms with Gasteiger partial charge in [-0.25, -0.2) is 4.57 Å². The molecule has 0 aromatic carbocycles. The zero-order chi connectivity index (χ0) is 39.7. The Labute approximate surface area is 325 Å². The molecule has 0 aliphatic heterocycles. The van der Waals surface area contributed by atoms with Crippen LogP contribution in [-0.2, 0) is 32.9 Å². The standard InChI is InChI=1S/C43H69O10P/c1-3-5-7-8-9-10-11-12-13-14-15-16-17-18-19-20-25-29-42(46)51-35-39(36-52-54(48,49)50)53-43(47)30-26-22-21-24-27-37-31-34-41(45)40(37)33-32-38(44)28-23-6-4-2/h9-10,12-13,15-16,21,24,31-34,37-40,44H,3-8,11,14,17-20,22-23,25-30,35-36H2,1-2H3,(H2,48,49,50)/b10-9-,13-12-,16-15-,24-21-,33-32+/t37-,38-,39+,40+/m0/s1. The summed E-state index contributed by atoms with van der Waals surface area (Å²) in [6.45, 7) is 3.35. The van der Waals surface area contributed by atoms with Crippen molar-refractivity contribution in [3.63, 3.8) is 0 Å². The maximum absolute atomic E-state index is 12.5. The number of esters is 2. The van der Waals surface area contributed by atoms with Gasteiger partial charge in [0.1, 0.15) is 6.61 Å². The number of phosphoric ester groups is 1. The summed E-state index contributed by atoms with van der Waals surface area (Å²) in [5.41, 5.74) is 0. The third kappa shape index (κ3) is 28.5. The van der Waals surface area contributed by atoms with Crippen LogP contribution in [-0.4, -0.2) is 58.0 Å². The van der Waals surface area contributed by atoms with Gasteiger partial charge in [0.15, 0.2) is 11.9 Å². The van der Waals surface area contributed by atoms with Gasteiger partial charge in [0, 0.05) is 18.8 Å². The number of carbonyl (C=O) groups excluding carboxylic acids is 3. The van der Waals surface area contributed by atoms with Crippen LogP contribution in [0.25, 0.3) is 0 Å². The minimum Gasteiger partial charge on any atom is -0.462 e. The lowest BCUT2D eigenvalue weighted by atomic mass is 9.90. The monoisotopic (exact) mass is 776 g/mol. The van der Waals surface area contributed by atoms with Gasteiger partial charge in [0.2, 0.25) is 0 Å². The minimum absolute atomic E-state index is 0.0122. The van der Waals surface area contributed by atoms with Crippen LogP contribution >= 0.6 is 7.82 Å². The average molecular weight is 777 g/mol. The first-order valence-corrected chi connectivity index (χ1v) is 21.8. The lowest BCUT2D eigenvalue weighted by Gasteiger charge is -2.18. The highest BCUT2D eigenvalue weighted by Crippen LogP contribution is 2.36. The van der Waals surface area contributed by atoms with E-state index in [1.165, 1.54) is 19.3 Å². The highest BCUT2D eigenvalue weighted by Gasteiger charge is 2.27. The van der Waals surface area contributed by atoms with Crippen molar-refractivity contribution in [2.75, 3.05) is 13.2 Å². The van der Waals surface area contributed by atoms with Crippen molar-refractivity contribution in [3.8, 4) is 0 Å². The molecule has 0 spiro atoms. The Bertz CT molecular complexity index is 1240. The van der Waals surface area contributed by atoms with E-state index < -0.39 is 38.6 Å². The molecule has 4 atom stereocenters. The maximum Gasteiger partial charge on any atom is 0.469 e. The number of rotatable bonds is 33. The number of ketones is 1.